The van der Waals surface area contributed by atoms with Gasteiger partial charge in [0.1, 0.15) is 11.6 Å². The topological polar surface area (TPSA) is 67.2 Å². The van der Waals surface area contributed by atoms with Gasteiger partial charge in [-0.25, -0.2) is 14.6 Å². The number of aromatic nitrogens is 4. The predicted octanol–water partition coefficient (Wildman–Crippen LogP) is 4.30. The molecular weight excluding hydrogens is 436 g/mol. The van der Waals surface area contributed by atoms with Crippen molar-refractivity contribution in [2.24, 2.45) is 5.92 Å². The molecule has 7 heteroatoms. The van der Waals surface area contributed by atoms with Crippen molar-refractivity contribution in [2.45, 2.75) is 33.1 Å². The van der Waals surface area contributed by atoms with Gasteiger partial charge in [-0.15, -0.1) is 0 Å². The Labute approximate surface area is 206 Å². The Morgan fingerprint density at radius 1 is 0.914 bits per heavy atom. The minimum atomic E-state index is 0.184. The minimum Gasteiger partial charge on any atom is -0.354 e. The fourth-order valence-electron chi connectivity index (χ4n) is 4.65. The van der Waals surface area contributed by atoms with Crippen LogP contribution in [0.4, 0.5) is 5.82 Å². The number of para-hydroxylation sites is 1. The summed E-state index contributed by atoms with van der Waals surface area (Å²) in [7, 11) is 0. The monoisotopic (exact) mass is 468 g/mol. The molecule has 3 heterocycles. The van der Waals surface area contributed by atoms with Crippen molar-refractivity contribution in [1.29, 1.82) is 0 Å². The molecule has 1 aliphatic rings. The Morgan fingerprint density at radius 3 is 2.40 bits per heavy atom. The molecule has 0 unspecified atom stereocenters. The van der Waals surface area contributed by atoms with Gasteiger partial charge in [-0.3, -0.25) is 4.79 Å². The van der Waals surface area contributed by atoms with Crippen LogP contribution < -0.4 is 4.90 Å². The lowest BCUT2D eigenvalue weighted by atomic mass is 10.1. The smallest absolute Gasteiger partial charge is 0.227 e. The summed E-state index contributed by atoms with van der Waals surface area (Å²) in [4.78, 5) is 27.2. The van der Waals surface area contributed by atoms with Crippen molar-refractivity contribution in [3.05, 3.63) is 78.2 Å². The largest absolute Gasteiger partial charge is 0.354 e. The molecule has 5 rings (SSSR count). The van der Waals surface area contributed by atoms with Crippen LogP contribution in [0.2, 0.25) is 0 Å². The number of nitrogens with zero attached hydrogens (tertiary/aromatic N) is 6. The van der Waals surface area contributed by atoms with Gasteiger partial charge in [0.15, 0.2) is 5.65 Å². The van der Waals surface area contributed by atoms with Crippen LogP contribution in [0.3, 0.4) is 0 Å². The Morgan fingerprint density at radius 2 is 1.66 bits per heavy atom. The molecule has 0 saturated carbocycles. The van der Waals surface area contributed by atoms with E-state index in [1.807, 2.05) is 76.4 Å². The molecule has 7 nitrogen and oxygen atoms in total. The third kappa shape index (κ3) is 5.19. The van der Waals surface area contributed by atoms with Crippen LogP contribution in [-0.4, -0.2) is 56.7 Å². The number of carbonyl (C=O) groups excluding carboxylic acids is 1. The van der Waals surface area contributed by atoms with Gasteiger partial charge >= 0.3 is 0 Å². The van der Waals surface area contributed by atoms with Crippen LogP contribution in [0.1, 0.15) is 31.7 Å². The number of carbonyl (C=O) groups is 1. The zero-order valence-electron chi connectivity index (χ0n) is 20.5. The summed E-state index contributed by atoms with van der Waals surface area (Å²) >= 11 is 0. The van der Waals surface area contributed by atoms with Gasteiger partial charge in [-0.2, -0.15) is 5.10 Å². The van der Waals surface area contributed by atoms with Crippen molar-refractivity contribution >= 4 is 22.8 Å². The highest BCUT2D eigenvalue weighted by Gasteiger charge is 2.24. The number of rotatable bonds is 6. The molecular formula is C28H32N6O. The molecule has 1 saturated heterocycles. The highest BCUT2D eigenvalue weighted by atomic mass is 16.2. The first-order chi connectivity index (χ1) is 17.1. The normalized spacial score (nSPS) is 14.5. The van der Waals surface area contributed by atoms with Crippen LogP contribution in [0.25, 0.3) is 16.7 Å². The zero-order chi connectivity index (χ0) is 24.2. The quantitative estimate of drug-likeness (QED) is 0.422. The summed E-state index contributed by atoms with van der Waals surface area (Å²) in [6.45, 7) is 7.40. The Hall–Kier alpha value is -3.74. The number of hydrogen-bond donors (Lipinski definition) is 0. The lowest BCUT2D eigenvalue weighted by Gasteiger charge is -2.24. The summed E-state index contributed by atoms with van der Waals surface area (Å²) < 4.78 is 1.90. The van der Waals surface area contributed by atoms with E-state index in [-0.39, 0.29) is 5.91 Å². The van der Waals surface area contributed by atoms with E-state index in [0.29, 0.717) is 18.9 Å². The minimum absolute atomic E-state index is 0.184. The van der Waals surface area contributed by atoms with E-state index < -0.39 is 0 Å². The number of anilines is 1. The van der Waals surface area contributed by atoms with Crippen LogP contribution >= 0.6 is 0 Å². The summed E-state index contributed by atoms with van der Waals surface area (Å²) in [6.07, 6.45) is 4.03. The summed E-state index contributed by atoms with van der Waals surface area (Å²) in [5.41, 5.74) is 2.87. The molecule has 0 radical (unpaired) electrons. The molecule has 1 fully saturated rings. The lowest BCUT2D eigenvalue weighted by Crippen LogP contribution is -2.36. The van der Waals surface area contributed by atoms with Crippen molar-refractivity contribution in [3.8, 4) is 5.69 Å². The van der Waals surface area contributed by atoms with E-state index in [1.54, 1.807) is 0 Å². The standard InChI is InChI=1S/C28H32N6O/c1-21(2)18-25-30-27(24-20-29-34(28(24)31-25)23-12-7-4-8-13-23)33-15-9-14-32(16-17-33)26(35)19-22-10-5-3-6-11-22/h3-8,10-13,20-21H,9,14-19H2,1-2H3. The average molecular weight is 469 g/mol. The fraction of sp³-hybridized carbons (Fsp3) is 0.357. The van der Waals surface area contributed by atoms with Crippen molar-refractivity contribution in [1.82, 2.24) is 24.6 Å². The molecule has 1 aliphatic heterocycles. The molecule has 180 valence electrons. The molecule has 2 aromatic carbocycles. The first-order valence-electron chi connectivity index (χ1n) is 12.4. The highest BCUT2D eigenvalue weighted by molar-refractivity contribution is 5.88. The molecule has 0 N–H and O–H groups in total. The number of fused-ring (bicyclic) bond motifs is 1. The number of benzene rings is 2. The molecule has 1 amide bonds. The van der Waals surface area contributed by atoms with Crippen molar-refractivity contribution < 1.29 is 4.79 Å². The third-order valence-corrected chi connectivity index (χ3v) is 6.39. The fourth-order valence-corrected chi connectivity index (χ4v) is 4.65. The summed E-state index contributed by atoms with van der Waals surface area (Å²) in [5.74, 6) is 2.39. The van der Waals surface area contributed by atoms with Gasteiger partial charge in [0.25, 0.3) is 0 Å². The Kier molecular flexibility index (Phi) is 6.75. The van der Waals surface area contributed by atoms with Crippen LogP contribution in [0.5, 0.6) is 0 Å². The molecule has 2 aromatic heterocycles. The number of hydrogen-bond acceptors (Lipinski definition) is 5. The maximum absolute atomic E-state index is 13.0. The second-order valence-electron chi connectivity index (χ2n) is 9.57. The SMILES string of the molecule is CC(C)Cc1nc(N2CCCN(C(=O)Cc3ccccc3)CC2)c2cnn(-c3ccccc3)c2n1. The molecule has 0 atom stereocenters. The van der Waals surface area contributed by atoms with Crippen molar-refractivity contribution in [2.75, 3.05) is 31.1 Å². The second-order valence-corrected chi connectivity index (χ2v) is 9.57. The van der Waals surface area contributed by atoms with Crippen molar-refractivity contribution in [3.63, 3.8) is 0 Å². The molecule has 35 heavy (non-hydrogen) atoms. The molecule has 4 aromatic rings. The van der Waals surface area contributed by atoms with E-state index in [9.17, 15) is 4.79 Å². The maximum atomic E-state index is 13.0. The van der Waals surface area contributed by atoms with Gasteiger partial charge in [-0.1, -0.05) is 62.4 Å². The van der Waals surface area contributed by atoms with Crippen LogP contribution in [0, 0.1) is 5.92 Å². The lowest BCUT2D eigenvalue weighted by molar-refractivity contribution is -0.130. The van der Waals surface area contributed by atoms with E-state index in [0.717, 1.165) is 66.4 Å². The van der Waals surface area contributed by atoms with E-state index in [4.69, 9.17) is 9.97 Å². The Bertz CT molecular complexity index is 1290. The van der Waals surface area contributed by atoms with E-state index >= 15 is 0 Å². The second kappa shape index (κ2) is 10.3. The van der Waals surface area contributed by atoms with Crippen LogP contribution in [-0.2, 0) is 17.6 Å². The predicted molar refractivity (Wildman–Crippen MR) is 139 cm³/mol. The average Bonchev–Trinajstić information content (AvgIpc) is 3.13. The van der Waals surface area contributed by atoms with Gasteiger partial charge in [0, 0.05) is 32.6 Å². The summed E-state index contributed by atoms with van der Waals surface area (Å²) in [6, 6.07) is 20.1. The van der Waals surface area contributed by atoms with Gasteiger partial charge < -0.3 is 9.80 Å². The first-order valence-corrected chi connectivity index (χ1v) is 12.4. The number of amides is 1. The molecule has 0 aliphatic carbocycles. The van der Waals surface area contributed by atoms with Gasteiger partial charge in [0.05, 0.1) is 23.7 Å². The highest BCUT2D eigenvalue weighted by Crippen LogP contribution is 2.27. The van der Waals surface area contributed by atoms with Crippen LogP contribution in [0.15, 0.2) is 66.9 Å². The first kappa shape index (κ1) is 23.0. The molecule has 0 spiro atoms. The zero-order valence-corrected chi connectivity index (χ0v) is 20.5. The van der Waals surface area contributed by atoms with E-state index in [2.05, 4.69) is 23.8 Å². The van der Waals surface area contributed by atoms with E-state index in [1.165, 1.54) is 0 Å². The third-order valence-electron chi connectivity index (χ3n) is 6.39. The maximum Gasteiger partial charge on any atom is 0.227 e. The Balaban J connectivity index is 1.42. The summed E-state index contributed by atoms with van der Waals surface area (Å²) in [5, 5.41) is 5.63. The van der Waals surface area contributed by atoms with Gasteiger partial charge in [0.2, 0.25) is 5.91 Å². The molecule has 0 bridgehead atoms. The van der Waals surface area contributed by atoms with Gasteiger partial charge in [-0.05, 0) is 30.0 Å².